The van der Waals surface area contributed by atoms with Crippen LogP contribution in [0.15, 0.2) is 12.1 Å². The van der Waals surface area contributed by atoms with Gasteiger partial charge in [-0.25, -0.2) is 13.6 Å². The summed E-state index contributed by atoms with van der Waals surface area (Å²) in [6, 6.07) is 2.16. The first-order chi connectivity index (χ1) is 6.56. The number of ether oxygens (including phenoxy) is 1. The Bertz CT molecular complexity index is 343. The Morgan fingerprint density at radius 2 is 1.93 bits per heavy atom. The Kier molecular flexibility index (Phi) is 3.79. The third-order valence-electron chi connectivity index (χ3n) is 1.49. The van der Waals surface area contributed by atoms with Gasteiger partial charge in [-0.1, -0.05) is 0 Å². The Morgan fingerprint density at radius 3 is 2.36 bits per heavy atom. The van der Waals surface area contributed by atoms with Gasteiger partial charge in [0.25, 0.3) is 0 Å². The maximum absolute atomic E-state index is 13.1. The summed E-state index contributed by atoms with van der Waals surface area (Å²) in [5, 5.41) is 0. The highest BCUT2D eigenvalue weighted by molar-refractivity contribution is 14.1. The van der Waals surface area contributed by atoms with E-state index in [4.69, 9.17) is 0 Å². The molecule has 0 saturated heterocycles. The third-order valence-corrected chi connectivity index (χ3v) is 2.11. The second kappa shape index (κ2) is 4.68. The maximum Gasteiger partial charge on any atom is 0.344 e. The largest absolute Gasteiger partial charge is 0.462 e. The van der Waals surface area contributed by atoms with Crippen LogP contribution in [0.1, 0.15) is 17.3 Å². The van der Waals surface area contributed by atoms with Crippen molar-refractivity contribution in [3.63, 3.8) is 0 Å². The molecule has 0 aliphatic rings. The molecule has 0 aromatic heterocycles. The summed E-state index contributed by atoms with van der Waals surface area (Å²) in [5.41, 5.74) is -0.632. The molecule has 0 N–H and O–H groups in total. The molecular weight excluding hydrogens is 305 g/mol. The Balaban J connectivity index is 3.14. The molecule has 0 amide bonds. The predicted molar refractivity (Wildman–Crippen MR) is 55.0 cm³/mol. The molecule has 0 fully saturated rings. The van der Waals surface area contributed by atoms with Crippen molar-refractivity contribution in [1.82, 2.24) is 0 Å². The highest BCUT2D eigenvalue weighted by atomic mass is 127. The molecule has 76 valence electrons. The van der Waals surface area contributed by atoms with Crippen molar-refractivity contribution in [1.29, 1.82) is 0 Å². The van der Waals surface area contributed by atoms with E-state index in [9.17, 15) is 13.6 Å². The van der Waals surface area contributed by atoms with Crippen molar-refractivity contribution in [3.05, 3.63) is 32.9 Å². The van der Waals surface area contributed by atoms with Gasteiger partial charge >= 0.3 is 5.97 Å². The van der Waals surface area contributed by atoms with Gasteiger partial charge < -0.3 is 4.74 Å². The van der Waals surface area contributed by atoms with E-state index < -0.39 is 23.2 Å². The van der Waals surface area contributed by atoms with Gasteiger partial charge in [0.2, 0.25) is 0 Å². The molecule has 0 radical (unpaired) electrons. The summed E-state index contributed by atoms with van der Waals surface area (Å²) < 4.78 is 31.2. The molecule has 5 heteroatoms. The zero-order valence-electron chi connectivity index (χ0n) is 7.31. The molecule has 0 aliphatic heterocycles. The van der Waals surface area contributed by atoms with E-state index in [2.05, 4.69) is 4.74 Å². The summed E-state index contributed by atoms with van der Waals surface area (Å²) in [7, 11) is 0. The van der Waals surface area contributed by atoms with Gasteiger partial charge in [-0.05, 0) is 41.6 Å². The number of esters is 1. The molecule has 0 unspecified atom stereocenters. The molecule has 0 heterocycles. The molecule has 1 aromatic rings. The van der Waals surface area contributed by atoms with Gasteiger partial charge in [-0.3, -0.25) is 0 Å². The van der Waals surface area contributed by atoms with Crippen molar-refractivity contribution in [2.24, 2.45) is 0 Å². The number of halogens is 3. The van der Waals surface area contributed by atoms with Gasteiger partial charge in [0.15, 0.2) is 0 Å². The average molecular weight is 312 g/mol. The van der Waals surface area contributed by atoms with E-state index in [1.54, 1.807) is 29.5 Å². The molecule has 1 aromatic carbocycles. The van der Waals surface area contributed by atoms with Crippen molar-refractivity contribution < 1.29 is 18.3 Å². The van der Waals surface area contributed by atoms with Crippen LogP contribution in [0.4, 0.5) is 8.78 Å². The van der Waals surface area contributed by atoms with Crippen LogP contribution in [0.2, 0.25) is 0 Å². The van der Waals surface area contributed by atoms with Crippen LogP contribution in [0.5, 0.6) is 0 Å². The second-order valence-corrected chi connectivity index (χ2v) is 3.71. The lowest BCUT2D eigenvalue weighted by molar-refractivity contribution is 0.0515. The SMILES string of the molecule is CCOC(=O)c1c(F)cc(I)cc1F. The van der Waals surface area contributed by atoms with Crippen LogP contribution in [0.3, 0.4) is 0 Å². The molecule has 14 heavy (non-hydrogen) atoms. The molecule has 2 nitrogen and oxygen atoms in total. The minimum absolute atomic E-state index is 0.0870. The van der Waals surface area contributed by atoms with E-state index in [0.29, 0.717) is 3.57 Å². The maximum atomic E-state index is 13.1. The second-order valence-electron chi connectivity index (χ2n) is 2.46. The molecule has 0 atom stereocenters. The van der Waals surface area contributed by atoms with E-state index in [-0.39, 0.29) is 6.61 Å². The minimum atomic E-state index is -0.973. The Labute approximate surface area is 93.4 Å². The fourth-order valence-corrected chi connectivity index (χ4v) is 1.49. The zero-order chi connectivity index (χ0) is 10.7. The number of hydrogen-bond donors (Lipinski definition) is 0. The lowest BCUT2D eigenvalue weighted by Crippen LogP contribution is -2.10. The number of rotatable bonds is 2. The standard InChI is InChI=1S/C9H7F2IO2/c1-2-14-9(13)8-6(10)3-5(12)4-7(8)11/h3-4H,2H2,1H3. The zero-order valence-corrected chi connectivity index (χ0v) is 9.47. The lowest BCUT2D eigenvalue weighted by Gasteiger charge is -2.04. The fraction of sp³-hybridized carbons (Fsp3) is 0.222. The molecule has 1 rings (SSSR count). The van der Waals surface area contributed by atoms with Gasteiger partial charge in [-0.15, -0.1) is 0 Å². The first-order valence-corrected chi connectivity index (χ1v) is 4.95. The highest BCUT2D eigenvalue weighted by Gasteiger charge is 2.19. The van der Waals surface area contributed by atoms with Gasteiger partial charge in [-0.2, -0.15) is 0 Å². The Hall–Kier alpha value is -0.720. The van der Waals surface area contributed by atoms with Crippen LogP contribution < -0.4 is 0 Å². The molecule has 0 bridgehead atoms. The topological polar surface area (TPSA) is 26.3 Å². The molecule has 0 saturated carbocycles. The third kappa shape index (κ3) is 2.40. The minimum Gasteiger partial charge on any atom is -0.462 e. The van der Waals surface area contributed by atoms with Crippen LogP contribution in [-0.2, 0) is 4.74 Å². The van der Waals surface area contributed by atoms with Crippen molar-refractivity contribution in [2.45, 2.75) is 6.92 Å². The van der Waals surface area contributed by atoms with E-state index in [1.807, 2.05) is 0 Å². The number of carbonyl (C=O) groups excluding carboxylic acids is 1. The summed E-state index contributed by atoms with van der Waals surface area (Å²) in [4.78, 5) is 11.1. The van der Waals surface area contributed by atoms with Gasteiger partial charge in [0.05, 0.1) is 6.61 Å². The summed E-state index contributed by atoms with van der Waals surface area (Å²) in [6.45, 7) is 1.66. The van der Waals surface area contributed by atoms with Gasteiger partial charge in [0.1, 0.15) is 17.2 Å². The molecular formula is C9H7F2IO2. The quantitative estimate of drug-likeness (QED) is 0.620. The first-order valence-electron chi connectivity index (χ1n) is 3.88. The predicted octanol–water partition coefficient (Wildman–Crippen LogP) is 2.75. The smallest absolute Gasteiger partial charge is 0.344 e. The lowest BCUT2D eigenvalue weighted by atomic mass is 10.2. The molecule has 0 aliphatic carbocycles. The van der Waals surface area contributed by atoms with Crippen molar-refractivity contribution in [3.8, 4) is 0 Å². The van der Waals surface area contributed by atoms with E-state index >= 15 is 0 Å². The summed E-state index contributed by atoms with van der Waals surface area (Å²) in [5.74, 6) is -2.76. The summed E-state index contributed by atoms with van der Waals surface area (Å²) >= 11 is 1.76. The van der Waals surface area contributed by atoms with Gasteiger partial charge in [0, 0.05) is 3.57 Å². The van der Waals surface area contributed by atoms with E-state index in [1.165, 1.54) is 0 Å². The van der Waals surface area contributed by atoms with E-state index in [0.717, 1.165) is 12.1 Å². The average Bonchev–Trinajstić information content (AvgIpc) is 2.01. The number of benzene rings is 1. The number of carbonyl (C=O) groups is 1. The fourth-order valence-electron chi connectivity index (χ4n) is 0.940. The highest BCUT2D eigenvalue weighted by Crippen LogP contribution is 2.17. The Morgan fingerprint density at radius 1 is 1.43 bits per heavy atom. The monoisotopic (exact) mass is 312 g/mol. The van der Waals surface area contributed by atoms with Crippen molar-refractivity contribution >= 4 is 28.6 Å². The van der Waals surface area contributed by atoms with Crippen LogP contribution in [0, 0.1) is 15.2 Å². The van der Waals surface area contributed by atoms with Crippen LogP contribution in [-0.4, -0.2) is 12.6 Å². The first kappa shape index (κ1) is 11.4. The van der Waals surface area contributed by atoms with Crippen LogP contribution in [0.25, 0.3) is 0 Å². The van der Waals surface area contributed by atoms with Crippen LogP contribution >= 0.6 is 22.6 Å². The normalized spacial score (nSPS) is 10.0. The summed E-state index contributed by atoms with van der Waals surface area (Å²) in [6.07, 6.45) is 0. The number of hydrogen-bond acceptors (Lipinski definition) is 2. The van der Waals surface area contributed by atoms with Crippen molar-refractivity contribution in [2.75, 3.05) is 6.61 Å². The molecule has 0 spiro atoms.